The number of phenolic OH excluding ortho intramolecular Hbond substituents is 1. The molecule has 0 aromatic heterocycles. The Balaban J connectivity index is 1.58. The summed E-state index contributed by atoms with van der Waals surface area (Å²) in [6.45, 7) is 2.57. The fraction of sp³-hybridized carbons (Fsp3) is 0.579. The van der Waals surface area contributed by atoms with E-state index in [-0.39, 0.29) is 23.5 Å². The van der Waals surface area contributed by atoms with Gasteiger partial charge in [-0.3, -0.25) is 9.59 Å². The number of hydrogen-bond donors (Lipinski definition) is 2. The van der Waals surface area contributed by atoms with Crippen molar-refractivity contribution < 1.29 is 19.8 Å². The first-order valence-electron chi connectivity index (χ1n) is 9.02. The Hall–Kier alpha value is -2.24. The Bertz CT molecular complexity index is 632. The Morgan fingerprint density at radius 2 is 1.64 bits per heavy atom. The third-order valence-electron chi connectivity index (χ3n) is 5.57. The van der Waals surface area contributed by atoms with E-state index >= 15 is 0 Å². The average molecular weight is 346 g/mol. The molecule has 25 heavy (non-hydrogen) atoms. The molecule has 0 spiro atoms. The molecule has 1 aromatic carbocycles. The normalized spacial score (nSPS) is 19.8. The first-order chi connectivity index (χ1) is 12.0. The van der Waals surface area contributed by atoms with Crippen LogP contribution in [0.5, 0.6) is 5.75 Å². The number of aromatic hydroxyl groups is 1. The third-order valence-corrected chi connectivity index (χ3v) is 5.57. The van der Waals surface area contributed by atoms with Crippen molar-refractivity contribution >= 4 is 17.6 Å². The Labute approximate surface area is 148 Å². The maximum atomic E-state index is 12.7. The van der Waals surface area contributed by atoms with Gasteiger partial charge in [0.1, 0.15) is 5.75 Å². The number of nitrogens with zero attached hydrogens (tertiary/aromatic N) is 2. The second-order valence-corrected chi connectivity index (χ2v) is 7.31. The van der Waals surface area contributed by atoms with E-state index in [4.69, 9.17) is 0 Å². The van der Waals surface area contributed by atoms with Crippen LogP contribution >= 0.6 is 0 Å². The molecule has 1 amide bonds. The molecule has 1 saturated carbocycles. The van der Waals surface area contributed by atoms with Crippen LogP contribution < -0.4 is 4.90 Å². The topological polar surface area (TPSA) is 81.1 Å². The summed E-state index contributed by atoms with van der Waals surface area (Å²) in [5.74, 6) is -0.479. The van der Waals surface area contributed by atoms with Crippen molar-refractivity contribution in [1.82, 2.24) is 4.90 Å². The highest BCUT2D eigenvalue weighted by molar-refractivity contribution is 5.78. The number of carboxylic acids is 1. The largest absolute Gasteiger partial charge is 0.506 e. The van der Waals surface area contributed by atoms with Crippen molar-refractivity contribution in [2.75, 3.05) is 31.1 Å². The van der Waals surface area contributed by atoms with Crippen molar-refractivity contribution in [3.8, 4) is 5.75 Å². The number of carbonyl (C=O) groups excluding carboxylic acids is 1. The van der Waals surface area contributed by atoms with Gasteiger partial charge in [0.2, 0.25) is 5.91 Å². The number of piperazine rings is 1. The van der Waals surface area contributed by atoms with Crippen LogP contribution in [-0.2, 0) is 9.59 Å². The minimum Gasteiger partial charge on any atom is -0.506 e. The molecule has 0 atom stereocenters. The summed E-state index contributed by atoms with van der Waals surface area (Å²) in [6, 6.07) is 7.24. The van der Waals surface area contributed by atoms with Gasteiger partial charge in [0.15, 0.2) is 0 Å². The minimum absolute atomic E-state index is 0.0695. The van der Waals surface area contributed by atoms with Crippen molar-refractivity contribution in [2.45, 2.75) is 38.5 Å². The van der Waals surface area contributed by atoms with Crippen molar-refractivity contribution in [3.05, 3.63) is 24.3 Å². The smallest absolute Gasteiger partial charge is 0.303 e. The van der Waals surface area contributed by atoms with Crippen LogP contribution in [0.3, 0.4) is 0 Å². The Morgan fingerprint density at radius 3 is 2.24 bits per heavy atom. The number of carboxylic acid groups (broad SMARTS) is 1. The highest BCUT2D eigenvalue weighted by Crippen LogP contribution is 2.44. The summed E-state index contributed by atoms with van der Waals surface area (Å²) in [6.07, 6.45) is 4.14. The van der Waals surface area contributed by atoms with Gasteiger partial charge in [-0.2, -0.15) is 0 Å². The Kier molecular flexibility index (Phi) is 5.16. The number of phenols is 1. The van der Waals surface area contributed by atoms with E-state index in [1.54, 1.807) is 12.1 Å². The van der Waals surface area contributed by atoms with Crippen LogP contribution in [0.4, 0.5) is 5.69 Å². The highest BCUT2D eigenvalue weighted by atomic mass is 16.4. The van der Waals surface area contributed by atoms with Gasteiger partial charge < -0.3 is 20.0 Å². The lowest BCUT2D eigenvalue weighted by molar-refractivity contribution is -0.141. The molecule has 1 aromatic rings. The quantitative estimate of drug-likeness (QED) is 0.856. The van der Waals surface area contributed by atoms with Crippen LogP contribution in [-0.4, -0.2) is 53.2 Å². The molecule has 2 fully saturated rings. The second kappa shape index (κ2) is 7.33. The van der Waals surface area contributed by atoms with Gasteiger partial charge in [-0.15, -0.1) is 0 Å². The number of benzene rings is 1. The molecule has 1 aliphatic carbocycles. The van der Waals surface area contributed by atoms with Crippen molar-refractivity contribution in [3.63, 3.8) is 0 Å². The molecular formula is C19H26N2O4. The van der Waals surface area contributed by atoms with Crippen molar-refractivity contribution in [1.29, 1.82) is 0 Å². The lowest BCUT2D eigenvalue weighted by atomic mass is 9.79. The van der Waals surface area contributed by atoms with Gasteiger partial charge in [-0.05, 0) is 30.4 Å². The molecule has 1 heterocycles. The molecule has 2 aliphatic rings. The first kappa shape index (κ1) is 17.6. The number of para-hydroxylation sites is 2. The van der Waals surface area contributed by atoms with E-state index in [1.807, 2.05) is 17.0 Å². The standard InChI is InChI=1S/C19H26N2O4/c22-16-6-2-1-5-15(16)20-9-11-21(12-10-20)17(23)13-19(14-18(24)25)7-3-4-8-19/h1-2,5-6,22H,3-4,7-14H2,(H,24,25). The van der Waals surface area contributed by atoms with E-state index in [2.05, 4.69) is 4.90 Å². The van der Waals surface area contributed by atoms with Gasteiger partial charge in [0, 0.05) is 32.6 Å². The fourth-order valence-corrected chi connectivity index (χ4v) is 4.22. The van der Waals surface area contributed by atoms with Crippen LogP contribution in [0.1, 0.15) is 38.5 Å². The second-order valence-electron chi connectivity index (χ2n) is 7.31. The zero-order valence-corrected chi connectivity index (χ0v) is 14.5. The van der Waals surface area contributed by atoms with E-state index in [0.717, 1.165) is 31.4 Å². The van der Waals surface area contributed by atoms with Gasteiger partial charge >= 0.3 is 5.97 Å². The molecule has 0 unspecified atom stereocenters. The molecule has 0 radical (unpaired) electrons. The molecule has 6 heteroatoms. The number of hydrogen-bond acceptors (Lipinski definition) is 4. The molecule has 1 aliphatic heterocycles. The molecule has 0 bridgehead atoms. The van der Waals surface area contributed by atoms with Gasteiger partial charge in [-0.1, -0.05) is 25.0 Å². The number of rotatable bonds is 5. The first-order valence-corrected chi connectivity index (χ1v) is 9.02. The summed E-state index contributed by atoms with van der Waals surface area (Å²) in [5.41, 5.74) is 0.449. The number of carbonyl (C=O) groups is 2. The van der Waals surface area contributed by atoms with Crippen LogP contribution in [0, 0.1) is 5.41 Å². The van der Waals surface area contributed by atoms with Gasteiger partial charge in [0.25, 0.3) is 0 Å². The lowest BCUT2D eigenvalue weighted by Gasteiger charge is -2.38. The molecule has 3 rings (SSSR count). The highest BCUT2D eigenvalue weighted by Gasteiger charge is 2.39. The number of anilines is 1. The Morgan fingerprint density at radius 1 is 1.00 bits per heavy atom. The lowest BCUT2D eigenvalue weighted by Crippen LogP contribution is -2.49. The van der Waals surface area contributed by atoms with E-state index in [1.165, 1.54) is 0 Å². The fourth-order valence-electron chi connectivity index (χ4n) is 4.22. The predicted octanol–water partition coefficient (Wildman–Crippen LogP) is 2.47. The van der Waals surface area contributed by atoms with Gasteiger partial charge in [0.05, 0.1) is 12.1 Å². The summed E-state index contributed by atoms with van der Waals surface area (Å²) >= 11 is 0. The third kappa shape index (κ3) is 4.06. The summed E-state index contributed by atoms with van der Waals surface area (Å²) in [5, 5.41) is 19.2. The summed E-state index contributed by atoms with van der Waals surface area (Å²) in [7, 11) is 0. The molecule has 1 saturated heterocycles. The molecular weight excluding hydrogens is 320 g/mol. The summed E-state index contributed by atoms with van der Waals surface area (Å²) < 4.78 is 0. The van der Waals surface area contributed by atoms with Crippen LogP contribution in [0.2, 0.25) is 0 Å². The number of amides is 1. The predicted molar refractivity (Wildman–Crippen MR) is 94.7 cm³/mol. The zero-order chi connectivity index (χ0) is 17.9. The SMILES string of the molecule is O=C(O)CC1(CC(=O)N2CCN(c3ccccc3O)CC2)CCCC1. The maximum Gasteiger partial charge on any atom is 0.303 e. The monoisotopic (exact) mass is 346 g/mol. The molecule has 2 N–H and O–H groups in total. The van der Waals surface area contributed by atoms with Crippen LogP contribution in [0.25, 0.3) is 0 Å². The van der Waals surface area contributed by atoms with E-state index in [0.29, 0.717) is 32.6 Å². The van der Waals surface area contributed by atoms with E-state index in [9.17, 15) is 19.8 Å². The minimum atomic E-state index is -0.806. The summed E-state index contributed by atoms with van der Waals surface area (Å²) in [4.78, 5) is 27.8. The molecule has 6 nitrogen and oxygen atoms in total. The maximum absolute atomic E-state index is 12.7. The number of aliphatic carboxylic acids is 1. The zero-order valence-electron chi connectivity index (χ0n) is 14.5. The average Bonchev–Trinajstić information content (AvgIpc) is 3.02. The molecule has 136 valence electrons. The van der Waals surface area contributed by atoms with Crippen molar-refractivity contribution in [2.24, 2.45) is 5.41 Å². The van der Waals surface area contributed by atoms with E-state index < -0.39 is 5.97 Å². The van der Waals surface area contributed by atoms with Crippen LogP contribution in [0.15, 0.2) is 24.3 Å². The van der Waals surface area contributed by atoms with Gasteiger partial charge in [-0.25, -0.2) is 0 Å².